The SMILES string of the molecule is COc1cccc(C(=O)[C@H]2[C@@H](c3ccc(OC)cc3OC)C3(C(=O)c4ccccc4C3=O)[C@H]3C=Cc4ccccc4N23)c1. The van der Waals surface area contributed by atoms with Crippen molar-refractivity contribution in [3.63, 3.8) is 0 Å². The Morgan fingerprint density at radius 1 is 0.744 bits per heavy atom. The summed E-state index contributed by atoms with van der Waals surface area (Å²) in [5.74, 6) is -0.204. The molecule has 0 bridgehead atoms. The molecule has 1 spiro atoms. The monoisotopic (exact) mass is 571 g/mol. The second kappa shape index (κ2) is 9.98. The zero-order valence-corrected chi connectivity index (χ0v) is 23.9. The summed E-state index contributed by atoms with van der Waals surface area (Å²) in [4.78, 5) is 46.5. The maximum atomic E-state index is 14.9. The zero-order valence-electron chi connectivity index (χ0n) is 23.9. The molecule has 7 heteroatoms. The first-order valence-electron chi connectivity index (χ1n) is 14.1. The topological polar surface area (TPSA) is 82.1 Å². The van der Waals surface area contributed by atoms with Crippen molar-refractivity contribution in [1.29, 1.82) is 0 Å². The molecule has 0 radical (unpaired) electrons. The Hall–Kier alpha value is -5.17. The van der Waals surface area contributed by atoms with E-state index in [1.54, 1.807) is 74.9 Å². The van der Waals surface area contributed by atoms with Crippen molar-refractivity contribution < 1.29 is 28.6 Å². The lowest BCUT2D eigenvalue weighted by Crippen LogP contribution is -2.48. The van der Waals surface area contributed by atoms with Crippen molar-refractivity contribution >= 4 is 29.1 Å². The second-order valence-corrected chi connectivity index (χ2v) is 11.0. The third kappa shape index (κ3) is 3.64. The lowest BCUT2D eigenvalue weighted by atomic mass is 9.64. The van der Waals surface area contributed by atoms with Crippen LogP contribution in [0.4, 0.5) is 5.69 Å². The zero-order chi connectivity index (χ0) is 29.9. The number of hydrogen-bond acceptors (Lipinski definition) is 7. The van der Waals surface area contributed by atoms with Gasteiger partial charge in [0, 0.05) is 39.9 Å². The average molecular weight is 572 g/mol. The van der Waals surface area contributed by atoms with Crippen molar-refractivity contribution in [3.05, 3.63) is 125 Å². The quantitative estimate of drug-likeness (QED) is 0.207. The van der Waals surface area contributed by atoms with Crippen LogP contribution in [-0.2, 0) is 0 Å². The van der Waals surface area contributed by atoms with Gasteiger partial charge in [-0.15, -0.1) is 0 Å². The summed E-state index contributed by atoms with van der Waals surface area (Å²) in [7, 11) is 4.64. The molecule has 0 unspecified atom stereocenters. The van der Waals surface area contributed by atoms with Crippen LogP contribution in [0.5, 0.6) is 17.2 Å². The van der Waals surface area contributed by atoms with Gasteiger partial charge in [-0.3, -0.25) is 14.4 Å². The molecule has 43 heavy (non-hydrogen) atoms. The van der Waals surface area contributed by atoms with Crippen molar-refractivity contribution in [2.75, 3.05) is 26.2 Å². The Morgan fingerprint density at radius 3 is 2.12 bits per heavy atom. The maximum Gasteiger partial charge on any atom is 0.186 e. The predicted molar refractivity (Wildman–Crippen MR) is 163 cm³/mol. The van der Waals surface area contributed by atoms with Crippen LogP contribution in [-0.4, -0.2) is 50.8 Å². The summed E-state index contributed by atoms with van der Waals surface area (Å²) in [6.07, 6.45) is 3.86. The summed E-state index contributed by atoms with van der Waals surface area (Å²) >= 11 is 0. The molecule has 7 rings (SSSR count). The largest absolute Gasteiger partial charge is 0.497 e. The van der Waals surface area contributed by atoms with Crippen LogP contribution in [0.3, 0.4) is 0 Å². The first kappa shape index (κ1) is 26.7. The van der Waals surface area contributed by atoms with Gasteiger partial charge in [0.1, 0.15) is 28.7 Å². The smallest absolute Gasteiger partial charge is 0.186 e. The minimum absolute atomic E-state index is 0.231. The summed E-state index contributed by atoms with van der Waals surface area (Å²) in [6, 6.07) is 25.3. The normalized spacial score (nSPS) is 20.9. The van der Waals surface area contributed by atoms with E-state index in [1.165, 1.54) is 7.11 Å². The molecule has 214 valence electrons. The van der Waals surface area contributed by atoms with Crippen LogP contribution in [0.15, 0.2) is 97.1 Å². The summed E-state index contributed by atoms with van der Waals surface area (Å²) in [6.45, 7) is 0. The Morgan fingerprint density at radius 2 is 1.42 bits per heavy atom. The van der Waals surface area contributed by atoms with Crippen LogP contribution in [0.1, 0.15) is 48.1 Å². The van der Waals surface area contributed by atoms with Crippen LogP contribution in [0.2, 0.25) is 0 Å². The van der Waals surface area contributed by atoms with Gasteiger partial charge in [-0.05, 0) is 29.8 Å². The van der Waals surface area contributed by atoms with Gasteiger partial charge >= 0.3 is 0 Å². The molecule has 1 fully saturated rings. The fraction of sp³-hybridized carbons (Fsp3) is 0.194. The number of carbonyl (C=O) groups is 3. The number of benzene rings is 4. The first-order valence-corrected chi connectivity index (χ1v) is 14.1. The van der Waals surface area contributed by atoms with E-state index >= 15 is 0 Å². The van der Waals surface area contributed by atoms with Gasteiger partial charge in [-0.25, -0.2) is 0 Å². The van der Waals surface area contributed by atoms with E-state index in [0.29, 0.717) is 39.5 Å². The Labute approximate surface area is 249 Å². The van der Waals surface area contributed by atoms with E-state index in [-0.39, 0.29) is 17.3 Å². The number of methoxy groups -OCH3 is 3. The van der Waals surface area contributed by atoms with Crippen molar-refractivity contribution in [2.45, 2.75) is 18.0 Å². The Kier molecular flexibility index (Phi) is 6.20. The van der Waals surface area contributed by atoms with Crippen molar-refractivity contribution in [2.24, 2.45) is 5.41 Å². The highest BCUT2D eigenvalue weighted by atomic mass is 16.5. The number of ether oxygens (including phenoxy) is 3. The maximum absolute atomic E-state index is 14.9. The number of ketones is 3. The number of nitrogens with zero attached hydrogens (tertiary/aromatic N) is 1. The lowest BCUT2D eigenvalue weighted by molar-refractivity contribution is 0.0664. The minimum atomic E-state index is -1.63. The second-order valence-electron chi connectivity index (χ2n) is 11.0. The molecule has 3 aliphatic rings. The number of carbonyl (C=O) groups excluding carboxylic acids is 3. The molecular formula is C36H29NO6. The number of fused-ring (bicyclic) bond motifs is 5. The summed E-state index contributed by atoms with van der Waals surface area (Å²) < 4.78 is 16.8. The molecule has 4 aromatic rings. The van der Waals surface area contributed by atoms with Gasteiger partial charge in [-0.2, -0.15) is 0 Å². The molecule has 0 amide bonds. The van der Waals surface area contributed by atoms with Gasteiger partial charge in [0.15, 0.2) is 17.3 Å². The van der Waals surface area contributed by atoms with Gasteiger partial charge in [0.05, 0.1) is 27.4 Å². The van der Waals surface area contributed by atoms with Crippen LogP contribution in [0, 0.1) is 5.41 Å². The molecule has 2 heterocycles. The lowest BCUT2D eigenvalue weighted by Gasteiger charge is -2.37. The van der Waals surface area contributed by atoms with Gasteiger partial charge in [0.2, 0.25) is 0 Å². The summed E-state index contributed by atoms with van der Waals surface area (Å²) in [5, 5.41) is 0. The molecule has 1 saturated heterocycles. The molecule has 1 aliphatic carbocycles. The van der Waals surface area contributed by atoms with Crippen LogP contribution in [0.25, 0.3) is 6.08 Å². The van der Waals surface area contributed by atoms with Crippen LogP contribution < -0.4 is 19.1 Å². The molecular weight excluding hydrogens is 542 g/mol. The van der Waals surface area contributed by atoms with E-state index in [2.05, 4.69) is 0 Å². The van der Waals surface area contributed by atoms with Gasteiger partial charge < -0.3 is 19.1 Å². The molecule has 0 aromatic heterocycles. The van der Waals surface area contributed by atoms with E-state index < -0.39 is 23.4 Å². The highest BCUT2D eigenvalue weighted by Crippen LogP contribution is 2.62. The van der Waals surface area contributed by atoms with E-state index in [9.17, 15) is 14.4 Å². The summed E-state index contributed by atoms with van der Waals surface area (Å²) in [5.41, 5.74) is 1.78. The number of para-hydroxylation sites is 1. The van der Waals surface area contributed by atoms with E-state index in [1.807, 2.05) is 47.4 Å². The van der Waals surface area contributed by atoms with Gasteiger partial charge in [-0.1, -0.05) is 72.8 Å². The van der Waals surface area contributed by atoms with Gasteiger partial charge in [0.25, 0.3) is 0 Å². The van der Waals surface area contributed by atoms with Crippen LogP contribution >= 0.6 is 0 Å². The molecule has 0 saturated carbocycles. The third-order valence-corrected chi connectivity index (χ3v) is 9.11. The molecule has 7 nitrogen and oxygen atoms in total. The highest BCUT2D eigenvalue weighted by molar-refractivity contribution is 6.32. The molecule has 2 aliphatic heterocycles. The average Bonchev–Trinajstić information content (AvgIpc) is 3.49. The fourth-order valence-electron chi connectivity index (χ4n) is 7.28. The molecule has 0 N–H and O–H groups in total. The fourth-order valence-corrected chi connectivity index (χ4v) is 7.28. The first-order chi connectivity index (χ1) is 20.9. The molecule has 4 aromatic carbocycles. The third-order valence-electron chi connectivity index (χ3n) is 9.11. The van der Waals surface area contributed by atoms with E-state index in [0.717, 1.165) is 11.3 Å². The number of anilines is 1. The van der Waals surface area contributed by atoms with Crippen molar-refractivity contribution in [3.8, 4) is 17.2 Å². The number of Topliss-reactive ketones (excluding diaryl/α,β-unsaturated/α-hetero) is 3. The number of hydrogen-bond donors (Lipinski definition) is 0. The predicted octanol–water partition coefficient (Wildman–Crippen LogP) is 6.03. The standard InChI is InChI=1S/C36H29NO6/c1-41-23-11-8-10-22(19-23)33(38)32-31(27-17-16-24(42-2)20-29(27)43-3)36(34(39)25-12-5-6-13-26(25)35(36)40)30-18-15-21-9-4-7-14-28(21)37(30)32/h4-20,30-32H,1-3H3/t30-,31-,32-/m1/s1. The highest BCUT2D eigenvalue weighted by Gasteiger charge is 2.72. The minimum Gasteiger partial charge on any atom is -0.497 e. The Bertz CT molecular complexity index is 1810. The number of rotatable bonds is 6. The van der Waals surface area contributed by atoms with Crippen molar-refractivity contribution in [1.82, 2.24) is 0 Å². The Balaban J connectivity index is 1.56. The molecule has 3 atom stereocenters. The van der Waals surface area contributed by atoms with E-state index in [4.69, 9.17) is 14.2 Å².